The summed E-state index contributed by atoms with van der Waals surface area (Å²) in [6.45, 7) is 7.03. The highest BCUT2D eigenvalue weighted by molar-refractivity contribution is 7.92. The molecule has 0 saturated carbocycles. The third-order valence-corrected chi connectivity index (χ3v) is 9.34. The molecule has 0 heterocycles. The molecule has 2 amide bonds. The monoisotopic (exact) mass is 665 g/mol. The van der Waals surface area contributed by atoms with Crippen LogP contribution in [0.4, 0.5) is 5.69 Å². The average Bonchev–Trinajstić information content (AvgIpc) is 2.99. The number of carbonyl (C=O) groups excluding carboxylic acids is 2. The Bertz CT molecular complexity index is 1730. The van der Waals surface area contributed by atoms with Gasteiger partial charge in [0.1, 0.15) is 12.6 Å². The first-order valence-electron chi connectivity index (χ1n) is 14.5. The summed E-state index contributed by atoms with van der Waals surface area (Å²) in [5.41, 5.74) is 2.19. The van der Waals surface area contributed by atoms with Crippen LogP contribution in [0.2, 0.25) is 10.0 Å². The minimum Gasteiger partial charge on any atom is -0.350 e. The number of nitrogens with one attached hydrogen (secondary N) is 1. The first-order chi connectivity index (χ1) is 21.2. The molecule has 1 N–H and O–H groups in total. The summed E-state index contributed by atoms with van der Waals surface area (Å²) < 4.78 is 29.2. The van der Waals surface area contributed by atoms with Gasteiger partial charge in [-0.15, -0.1) is 0 Å². The lowest BCUT2D eigenvalue weighted by Crippen LogP contribution is -2.56. The molecule has 0 aliphatic heterocycles. The number of rotatable bonds is 11. The summed E-state index contributed by atoms with van der Waals surface area (Å²) in [4.78, 5) is 29.9. The van der Waals surface area contributed by atoms with Crippen LogP contribution in [0.15, 0.2) is 108 Å². The van der Waals surface area contributed by atoms with Crippen molar-refractivity contribution in [1.82, 2.24) is 10.2 Å². The second-order valence-corrected chi connectivity index (χ2v) is 14.6. The zero-order valence-electron chi connectivity index (χ0n) is 25.7. The third kappa shape index (κ3) is 9.10. The summed E-state index contributed by atoms with van der Waals surface area (Å²) in [6, 6.07) is 28.3. The second kappa shape index (κ2) is 14.5. The van der Waals surface area contributed by atoms with Crippen molar-refractivity contribution in [2.45, 2.75) is 57.1 Å². The van der Waals surface area contributed by atoms with E-state index in [1.165, 1.54) is 35.2 Å². The zero-order chi connectivity index (χ0) is 32.8. The number of hydrogen-bond donors (Lipinski definition) is 1. The van der Waals surface area contributed by atoms with Crippen LogP contribution in [0, 0.1) is 6.92 Å². The first-order valence-corrected chi connectivity index (χ1v) is 16.7. The third-order valence-electron chi connectivity index (χ3n) is 7.03. The number of halogens is 2. The Labute approximate surface area is 275 Å². The number of sulfonamides is 1. The number of amides is 2. The molecule has 10 heteroatoms. The van der Waals surface area contributed by atoms with Crippen molar-refractivity contribution < 1.29 is 18.0 Å². The van der Waals surface area contributed by atoms with Gasteiger partial charge in [-0.2, -0.15) is 0 Å². The molecular formula is C35H37Cl2N3O4S. The van der Waals surface area contributed by atoms with Crippen molar-refractivity contribution in [3.63, 3.8) is 0 Å². The molecule has 1 atom stereocenters. The molecule has 0 aliphatic carbocycles. The van der Waals surface area contributed by atoms with E-state index in [-0.39, 0.29) is 34.5 Å². The van der Waals surface area contributed by atoms with E-state index in [0.717, 1.165) is 21.0 Å². The second-order valence-electron chi connectivity index (χ2n) is 11.9. The topological polar surface area (TPSA) is 86.8 Å². The average molecular weight is 667 g/mol. The Balaban J connectivity index is 1.83. The molecule has 236 valence electrons. The Morgan fingerprint density at radius 2 is 1.42 bits per heavy atom. The summed E-state index contributed by atoms with van der Waals surface area (Å²) in [7, 11) is -4.27. The lowest BCUT2D eigenvalue weighted by Gasteiger charge is -2.35. The van der Waals surface area contributed by atoms with Crippen LogP contribution in [0.5, 0.6) is 0 Å². The smallest absolute Gasteiger partial charge is 0.264 e. The molecule has 4 aromatic rings. The summed E-state index contributed by atoms with van der Waals surface area (Å²) >= 11 is 12.7. The van der Waals surface area contributed by atoms with Crippen molar-refractivity contribution in [2.24, 2.45) is 0 Å². The molecule has 4 rings (SSSR count). The lowest BCUT2D eigenvalue weighted by atomic mass is 10.0. The van der Waals surface area contributed by atoms with Gasteiger partial charge >= 0.3 is 0 Å². The van der Waals surface area contributed by atoms with Crippen LogP contribution in [-0.4, -0.2) is 43.3 Å². The van der Waals surface area contributed by atoms with Crippen LogP contribution in [0.3, 0.4) is 0 Å². The molecule has 1 unspecified atom stereocenters. The predicted octanol–water partition coefficient (Wildman–Crippen LogP) is 7.05. The standard InChI is InChI=1S/C35H37Cl2N3O4S/c1-25-15-17-27(18-16-25)23-39(32(34(42)38-35(2,3)4)21-26-11-7-5-8-12-26)33(41)24-40(31-20-19-28(36)22-30(31)37)45(43,44)29-13-9-6-10-14-29/h5-20,22,32H,21,23-24H2,1-4H3,(H,38,42). The van der Waals surface area contributed by atoms with Gasteiger partial charge in [0.05, 0.1) is 15.6 Å². The maximum Gasteiger partial charge on any atom is 0.264 e. The summed E-state index contributed by atoms with van der Waals surface area (Å²) in [6.07, 6.45) is 0.216. The first kappa shape index (κ1) is 34.0. The zero-order valence-corrected chi connectivity index (χ0v) is 28.0. The van der Waals surface area contributed by atoms with E-state index >= 15 is 0 Å². The molecule has 7 nitrogen and oxygen atoms in total. The van der Waals surface area contributed by atoms with Crippen LogP contribution < -0.4 is 9.62 Å². The van der Waals surface area contributed by atoms with Gasteiger partial charge in [-0.25, -0.2) is 8.42 Å². The lowest BCUT2D eigenvalue weighted by molar-refractivity contribution is -0.140. The Kier molecular flexibility index (Phi) is 11.0. The molecule has 4 aromatic carbocycles. The molecule has 0 radical (unpaired) electrons. The van der Waals surface area contributed by atoms with Gasteiger partial charge in [0.2, 0.25) is 11.8 Å². The van der Waals surface area contributed by atoms with Gasteiger partial charge < -0.3 is 10.2 Å². The van der Waals surface area contributed by atoms with E-state index in [9.17, 15) is 18.0 Å². The minimum atomic E-state index is -4.27. The highest BCUT2D eigenvalue weighted by Gasteiger charge is 2.36. The van der Waals surface area contributed by atoms with Crippen molar-refractivity contribution in [3.8, 4) is 0 Å². The minimum absolute atomic E-state index is 0.0137. The quantitative estimate of drug-likeness (QED) is 0.186. The van der Waals surface area contributed by atoms with Gasteiger partial charge in [0, 0.05) is 23.5 Å². The van der Waals surface area contributed by atoms with Gasteiger partial charge in [-0.05, 0) is 69.2 Å². The molecule has 0 saturated heterocycles. The molecule has 0 aliphatic rings. The van der Waals surface area contributed by atoms with E-state index in [0.29, 0.717) is 5.02 Å². The number of aryl methyl sites for hydroxylation is 1. The molecule has 0 bridgehead atoms. The fourth-order valence-corrected chi connectivity index (χ4v) is 6.83. The number of hydrogen-bond acceptors (Lipinski definition) is 4. The van der Waals surface area contributed by atoms with E-state index < -0.39 is 34.1 Å². The van der Waals surface area contributed by atoms with Crippen LogP contribution in [0.25, 0.3) is 0 Å². The van der Waals surface area contributed by atoms with Crippen molar-refractivity contribution in [1.29, 1.82) is 0 Å². The highest BCUT2D eigenvalue weighted by atomic mass is 35.5. The SMILES string of the molecule is Cc1ccc(CN(C(=O)CN(c2ccc(Cl)cc2Cl)S(=O)(=O)c2ccccc2)C(Cc2ccccc2)C(=O)NC(C)(C)C)cc1. The van der Waals surface area contributed by atoms with Crippen LogP contribution in [-0.2, 0) is 32.6 Å². The van der Waals surface area contributed by atoms with Gasteiger partial charge in [0.15, 0.2) is 0 Å². The van der Waals surface area contributed by atoms with Crippen molar-refractivity contribution in [2.75, 3.05) is 10.8 Å². The maximum absolute atomic E-state index is 14.5. The molecule has 0 spiro atoms. The van der Waals surface area contributed by atoms with Crippen molar-refractivity contribution >= 4 is 50.7 Å². The Morgan fingerprint density at radius 3 is 2.00 bits per heavy atom. The van der Waals surface area contributed by atoms with Gasteiger partial charge in [0.25, 0.3) is 10.0 Å². The number of benzene rings is 4. The number of nitrogens with zero attached hydrogens (tertiary/aromatic N) is 2. The summed E-state index contributed by atoms with van der Waals surface area (Å²) in [5, 5.41) is 3.40. The normalized spacial score (nSPS) is 12.3. The largest absolute Gasteiger partial charge is 0.350 e. The molecule has 0 fully saturated rings. The van der Waals surface area contributed by atoms with Gasteiger partial charge in [-0.3, -0.25) is 13.9 Å². The van der Waals surface area contributed by atoms with Gasteiger partial charge in [-0.1, -0.05) is 102 Å². The Hall–Kier alpha value is -3.85. The Morgan fingerprint density at radius 1 is 0.822 bits per heavy atom. The molecule has 45 heavy (non-hydrogen) atoms. The predicted molar refractivity (Wildman–Crippen MR) is 181 cm³/mol. The highest BCUT2D eigenvalue weighted by Crippen LogP contribution is 2.33. The molecule has 0 aromatic heterocycles. The van der Waals surface area contributed by atoms with E-state index in [1.807, 2.05) is 82.3 Å². The maximum atomic E-state index is 14.5. The van der Waals surface area contributed by atoms with Crippen LogP contribution >= 0.6 is 23.2 Å². The van der Waals surface area contributed by atoms with E-state index in [1.54, 1.807) is 18.2 Å². The fourth-order valence-electron chi connectivity index (χ4n) is 4.81. The number of anilines is 1. The number of carbonyl (C=O) groups is 2. The van der Waals surface area contributed by atoms with Crippen LogP contribution in [0.1, 0.15) is 37.5 Å². The van der Waals surface area contributed by atoms with Crippen molar-refractivity contribution in [3.05, 3.63) is 130 Å². The summed E-state index contributed by atoms with van der Waals surface area (Å²) in [5.74, 6) is -0.931. The van der Waals surface area contributed by atoms with E-state index in [4.69, 9.17) is 23.2 Å². The van der Waals surface area contributed by atoms with E-state index in [2.05, 4.69) is 5.32 Å². The fraction of sp³-hybridized carbons (Fsp3) is 0.257. The molecular weight excluding hydrogens is 629 g/mol.